The second-order valence-corrected chi connectivity index (χ2v) is 5.06. The Bertz CT molecular complexity index is 913. The summed E-state index contributed by atoms with van der Waals surface area (Å²) in [5.41, 5.74) is 1.65. The van der Waals surface area contributed by atoms with Crippen molar-refractivity contribution < 1.29 is 14.1 Å². The Labute approximate surface area is 129 Å². The fourth-order valence-electron chi connectivity index (χ4n) is 2.82. The number of aromatic amines is 1. The first-order valence-corrected chi connectivity index (χ1v) is 6.83. The third kappa shape index (κ3) is 1.92. The maximum atomic E-state index is 12.1. The van der Waals surface area contributed by atoms with Crippen LogP contribution < -0.4 is 5.32 Å². The molecule has 4 rings (SSSR count). The van der Waals surface area contributed by atoms with Gasteiger partial charge >= 0.3 is 0 Å². The summed E-state index contributed by atoms with van der Waals surface area (Å²) in [7, 11) is 0. The molecule has 0 fully saturated rings. The van der Waals surface area contributed by atoms with Crippen molar-refractivity contribution in [2.24, 2.45) is 0 Å². The molecule has 8 nitrogen and oxygen atoms in total. The standard InChI is InChI=1S/C15H10N4O4/c20-15-14-11(13(17-18-14)10-6-3-7-23-10)12(16-15)8-4-1-2-5-9(8)19(21)22/h1-7,12H,(H,16,20)(H,17,18). The molecule has 0 saturated carbocycles. The number of nitro benzene ring substituents is 1. The summed E-state index contributed by atoms with van der Waals surface area (Å²) in [5, 5.41) is 20.8. The van der Waals surface area contributed by atoms with Gasteiger partial charge in [0, 0.05) is 11.6 Å². The van der Waals surface area contributed by atoms with Crippen LogP contribution in [-0.2, 0) is 0 Å². The summed E-state index contributed by atoms with van der Waals surface area (Å²) in [6.45, 7) is 0. The van der Waals surface area contributed by atoms with E-state index in [4.69, 9.17) is 4.42 Å². The Kier molecular flexibility index (Phi) is 2.77. The highest BCUT2D eigenvalue weighted by Gasteiger charge is 2.39. The number of hydrogen-bond acceptors (Lipinski definition) is 5. The highest BCUT2D eigenvalue weighted by Crippen LogP contribution is 2.39. The van der Waals surface area contributed by atoms with Gasteiger partial charge in [0.25, 0.3) is 11.6 Å². The molecule has 114 valence electrons. The Morgan fingerprint density at radius 3 is 2.78 bits per heavy atom. The zero-order valence-electron chi connectivity index (χ0n) is 11.6. The predicted octanol–water partition coefficient (Wildman–Crippen LogP) is 2.41. The SMILES string of the molecule is O=C1NC(c2ccccc2[N+](=O)[O-])c2c1n[nH]c2-c1ccco1. The fraction of sp³-hybridized carbons (Fsp3) is 0.0667. The maximum Gasteiger partial charge on any atom is 0.275 e. The smallest absolute Gasteiger partial charge is 0.275 e. The minimum Gasteiger partial charge on any atom is -0.463 e. The molecule has 0 bridgehead atoms. The largest absolute Gasteiger partial charge is 0.463 e. The lowest BCUT2D eigenvalue weighted by atomic mass is 9.97. The van der Waals surface area contributed by atoms with Crippen LogP contribution in [-0.4, -0.2) is 21.0 Å². The first kappa shape index (κ1) is 13.3. The maximum absolute atomic E-state index is 12.1. The van der Waals surface area contributed by atoms with Gasteiger partial charge in [0.05, 0.1) is 22.8 Å². The third-order valence-electron chi connectivity index (χ3n) is 3.80. The number of aromatic nitrogens is 2. The molecule has 1 aliphatic rings. The fourth-order valence-corrected chi connectivity index (χ4v) is 2.82. The van der Waals surface area contributed by atoms with Crippen molar-refractivity contribution in [3.05, 3.63) is 69.6 Å². The summed E-state index contributed by atoms with van der Waals surface area (Å²) >= 11 is 0. The van der Waals surface area contributed by atoms with Crippen LogP contribution in [0.25, 0.3) is 11.5 Å². The summed E-state index contributed by atoms with van der Waals surface area (Å²) < 4.78 is 5.36. The molecule has 3 heterocycles. The molecule has 2 N–H and O–H groups in total. The monoisotopic (exact) mass is 310 g/mol. The van der Waals surface area contributed by atoms with E-state index in [2.05, 4.69) is 15.5 Å². The Morgan fingerprint density at radius 1 is 1.22 bits per heavy atom. The molecule has 1 atom stereocenters. The average molecular weight is 310 g/mol. The van der Waals surface area contributed by atoms with E-state index in [1.54, 1.807) is 30.3 Å². The zero-order chi connectivity index (χ0) is 16.0. The third-order valence-corrected chi connectivity index (χ3v) is 3.80. The van der Waals surface area contributed by atoms with E-state index in [1.165, 1.54) is 12.3 Å². The first-order valence-electron chi connectivity index (χ1n) is 6.83. The van der Waals surface area contributed by atoms with E-state index in [1.807, 2.05) is 0 Å². The van der Waals surface area contributed by atoms with Crippen molar-refractivity contribution in [1.29, 1.82) is 0 Å². The number of amides is 1. The van der Waals surface area contributed by atoms with Gasteiger partial charge in [-0.1, -0.05) is 12.1 Å². The van der Waals surface area contributed by atoms with E-state index >= 15 is 0 Å². The van der Waals surface area contributed by atoms with Crippen molar-refractivity contribution in [2.75, 3.05) is 0 Å². The van der Waals surface area contributed by atoms with Crippen molar-refractivity contribution >= 4 is 11.6 Å². The molecule has 0 saturated heterocycles. The van der Waals surface area contributed by atoms with E-state index in [-0.39, 0.29) is 17.3 Å². The molecule has 23 heavy (non-hydrogen) atoms. The Balaban J connectivity index is 1.91. The van der Waals surface area contributed by atoms with Crippen molar-refractivity contribution in [3.8, 4) is 11.5 Å². The van der Waals surface area contributed by atoms with Gasteiger partial charge in [0.15, 0.2) is 11.5 Å². The second-order valence-electron chi connectivity index (χ2n) is 5.06. The highest BCUT2D eigenvalue weighted by molar-refractivity contribution is 6.00. The molecule has 0 radical (unpaired) electrons. The number of H-pyrrole nitrogens is 1. The van der Waals surface area contributed by atoms with Crippen LogP contribution >= 0.6 is 0 Å². The Morgan fingerprint density at radius 2 is 2.04 bits per heavy atom. The number of nitrogens with zero attached hydrogens (tertiary/aromatic N) is 2. The van der Waals surface area contributed by atoms with E-state index in [0.29, 0.717) is 22.6 Å². The average Bonchev–Trinajstić information content (AvgIpc) is 3.25. The van der Waals surface area contributed by atoms with Crippen molar-refractivity contribution in [3.63, 3.8) is 0 Å². The highest BCUT2D eigenvalue weighted by atomic mass is 16.6. The number of rotatable bonds is 3. The number of furan rings is 1. The van der Waals surface area contributed by atoms with Gasteiger partial charge in [0.1, 0.15) is 5.69 Å². The first-order chi connectivity index (χ1) is 11.2. The molecule has 3 aromatic rings. The predicted molar refractivity (Wildman–Crippen MR) is 78.7 cm³/mol. The number of carbonyl (C=O) groups excluding carboxylic acids is 1. The van der Waals surface area contributed by atoms with Crippen molar-refractivity contribution in [1.82, 2.24) is 15.5 Å². The number of benzene rings is 1. The minimum atomic E-state index is -0.655. The van der Waals surface area contributed by atoms with E-state index in [9.17, 15) is 14.9 Å². The molecule has 1 aliphatic heterocycles. The zero-order valence-corrected chi connectivity index (χ0v) is 11.6. The second kappa shape index (κ2) is 4.80. The molecule has 0 spiro atoms. The van der Waals surface area contributed by atoms with Crippen LogP contribution in [0, 0.1) is 10.1 Å². The van der Waals surface area contributed by atoms with Crippen molar-refractivity contribution in [2.45, 2.75) is 6.04 Å². The van der Waals surface area contributed by atoms with Crippen LogP contribution in [0.3, 0.4) is 0 Å². The van der Waals surface area contributed by atoms with E-state index in [0.717, 1.165) is 0 Å². The van der Waals surface area contributed by atoms with Gasteiger partial charge in [0.2, 0.25) is 0 Å². The van der Waals surface area contributed by atoms with Gasteiger partial charge in [-0.15, -0.1) is 0 Å². The number of fused-ring (bicyclic) bond motifs is 1. The quantitative estimate of drug-likeness (QED) is 0.569. The lowest BCUT2D eigenvalue weighted by Crippen LogP contribution is -2.21. The number of carbonyl (C=O) groups is 1. The van der Waals surface area contributed by atoms with Gasteiger partial charge in [-0.3, -0.25) is 20.0 Å². The van der Waals surface area contributed by atoms with Crippen LogP contribution in [0.5, 0.6) is 0 Å². The van der Waals surface area contributed by atoms with Crippen LogP contribution in [0.2, 0.25) is 0 Å². The number of hydrogen-bond donors (Lipinski definition) is 2. The lowest BCUT2D eigenvalue weighted by Gasteiger charge is -2.13. The van der Waals surface area contributed by atoms with Crippen LogP contribution in [0.15, 0.2) is 47.1 Å². The van der Waals surface area contributed by atoms with Gasteiger partial charge in [-0.25, -0.2) is 0 Å². The molecular weight excluding hydrogens is 300 g/mol. The number of para-hydroxylation sites is 1. The van der Waals surface area contributed by atoms with Gasteiger partial charge in [-0.05, 0) is 18.2 Å². The van der Waals surface area contributed by atoms with Gasteiger partial charge in [-0.2, -0.15) is 5.10 Å². The minimum absolute atomic E-state index is 0.0581. The van der Waals surface area contributed by atoms with Crippen LogP contribution in [0.4, 0.5) is 5.69 Å². The molecule has 1 unspecified atom stereocenters. The summed E-state index contributed by atoms with van der Waals surface area (Å²) in [4.78, 5) is 22.9. The van der Waals surface area contributed by atoms with Crippen LogP contribution in [0.1, 0.15) is 27.7 Å². The number of nitro groups is 1. The van der Waals surface area contributed by atoms with E-state index < -0.39 is 11.0 Å². The lowest BCUT2D eigenvalue weighted by molar-refractivity contribution is -0.385. The number of nitrogens with one attached hydrogen (secondary N) is 2. The molecule has 0 aliphatic carbocycles. The summed E-state index contributed by atoms with van der Waals surface area (Å²) in [6.07, 6.45) is 1.51. The molecular formula is C15H10N4O4. The summed E-state index contributed by atoms with van der Waals surface area (Å²) in [5.74, 6) is 0.135. The molecule has 2 aromatic heterocycles. The van der Waals surface area contributed by atoms with Gasteiger partial charge < -0.3 is 9.73 Å². The summed E-state index contributed by atoms with van der Waals surface area (Å²) in [6, 6.07) is 9.10. The molecule has 1 amide bonds. The molecule has 1 aromatic carbocycles. The molecule has 8 heteroatoms. The normalized spacial score (nSPS) is 16.2. The Hall–Kier alpha value is -3.42. The topological polar surface area (TPSA) is 114 Å².